The first-order valence-electron chi connectivity index (χ1n) is 7.04. The predicted octanol–water partition coefficient (Wildman–Crippen LogP) is 2.20. The number of fused-ring (bicyclic) bond motifs is 1. The Hall–Kier alpha value is -1.47. The molecule has 4 nitrogen and oxygen atoms in total. The third-order valence-corrected chi connectivity index (χ3v) is 4.29. The van der Waals surface area contributed by atoms with Crippen LogP contribution >= 0.6 is 11.6 Å². The second-order valence-corrected chi connectivity index (χ2v) is 5.78. The number of nitrogens with one attached hydrogen (secondary N) is 1. The summed E-state index contributed by atoms with van der Waals surface area (Å²) in [7, 11) is 0. The van der Waals surface area contributed by atoms with E-state index in [4.69, 9.17) is 11.6 Å². The Morgan fingerprint density at radius 1 is 1.14 bits per heavy atom. The topological polar surface area (TPSA) is 35.6 Å². The van der Waals surface area contributed by atoms with Gasteiger partial charge in [0.15, 0.2) is 0 Å². The van der Waals surface area contributed by atoms with Crippen LogP contribution in [0.25, 0.3) is 0 Å². The molecule has 0 bridgehead atoms. The number of amides is 1. The smallest absolute Gasteiger partial charge is 0.368 e. The highest BCUT2D eigenvalue weighted by Crippen LogP contribution is 2.39. The molecule has 1 aromatic rings. The number of nitrogens with zero attached hydrogens (tertiary/aromatic N) is 2. The van der Waals surface area contributed by atoms with Crippen molar-refractivity contribution < 1.29 is 18.0 Å². The second kappa shape index (κ2) is 5.62. The van der Waals surface area contributed by atoms with Crippen LogP contribution in [0, 0.1) is 0 Å². The predicted molar refractivity (Wildman–Crippen MR) is 78.6 cm³/mol. The summed E-state index contributed by atoms with van der Waals surface area (Å²) in [6.07, 6.45) is -4.48. The summed E-state index contributed by atoms with van der Waals surface area (Å²) >= 11 is 6.27. The van der Waals surface area contributed by atoms with Crippen molar-refractivity contribution in [2.75, 3.05) is 42.5 Å². The van der Waals surface area contributed by atoms with Crippen molar-refractivity contribution in [2.45, 2.75) is 12.6 Å². The van der Waals surface area contributed by atoms with E-state index in [0.717, 1.165) is 31.1 Å². The molecule has 3 rings (SSSR count). The van der Waals surface area contributed by atoms with Gasteiger partial charge in [0.05, 0.1) is 10.7 Å². The first-order chi connectivity index (χ1) is 10.4. The molecule has 2 aliphatic rings. The van der Waals surface area contributed by atoms with Gasteiger partial charge in [0, 0.05) is 38.4 Å². The molecule has 0 unspecified atom stereocenters. The van der Waals surface area contributed by atoms with Crippen molar-refractivity contribution in [3.05, 3.63) is 22.7 Å². The van der Waals surface area contributed by atoms with Gasteiger partial charge >= 0.3 is 12.1 Å². The standard InChI is InChI=1S/C14H15ClF3N3O/c15-10-7-9-1-4-21(13(22)14(16,17)18)11(9)8-12(10)20-5-2-19-3-6-20/h7-8,19H,1-6H2. The fourth-order valence-corrected chi connectivity index (χ4v) is 3.21. The first-order valence-corrected chi connectivity index (χ1v) is 7.42. The molecule has 0 saturated carbocycles. The largest absolute Gasteiger partial charge is 0.471 e. The van der Waals surface area contributed by atoms with E-state index in [1.54, 1.807) is 12.1 Å². The van der Waals surface area contributed by atoms with E-state index < -0.39 is 12.1 Å². The van der Waals surface area contributed by atoms with Crippen molar-refractivity contribution >= 4 is 28.9 Å². The van der Waals surface area contributed by atoms with Crippen LogP contribution in [0.5, 0.6) is 0 Å². The zero-order valence-electron chi connectivity index (χ0n) is 11.7. The summed E-state index contributed by atoms with van der Waals surface area (Å²) in [5, 5.41) is 3.72. The van der Waals surface area contributed by atoms with Gasteiger partial charge in [0.25, 0.3) is 0 Å². The number of anilines is 2. The molecular weight excluding hydrogens is 319 g/mol. The number of carbonyl (C=O) groups is 1. The van der Waals surface area contributed by atoms with E-state index >= 15 is 0 Å². The molecular formula is C14H15ClF3N3O. The SMILES string of the molecule is O=C(N1CCc2cc(Cl)c(N3CCNCC3)cc21)C(F)(F)F. The van der Waals surface area contributed by atoms with Gasteiger partial charge in [-0.3, -0.25) is 4.79 Å². The molecule has 22 heavy (non-hydrogen) atoms. The van der Waals surface area contributed by atoms with E-state index in [2.05, 4.69) is 5.32 Å². The molecule has 1 saturated heterocycles. The summed E-state index contributed by atoms with van der Waals surface area (Å²) in [5.41, 5.74) is 1.69. The molecule has 1 aromatic carbocycles. The van der Waals surface area contributed by atoms with E-state index in [0.29, 0.717) is 28.4 Å². The van der Waals surface area contributed by atoms with Gasteiger partial charge in [-0.1, -0.05) is 11.6 Å². The summed E-state index contributed by atoms with van der Waals surface area (Å²) in [5.74, 6) is -1.82. The molecule has 2 heterocycles. The molecule has 0 atom stereocenters. The van der Waals surface area contributed by atoms with E-state index in [9.17, 15) is 18.0 Å². The summed E-state index contributed by atoms with van der Waals surface area (Å²) in [6, 6.07) is 3.29. The van der Waals surface area contributed by atoms with Gasteiger partial charge in [0.2, 0.25) is 0 Å². The van der Waals surface area contributed by atoms with Crippen molar-refractivity contribution in [1.29, 1.82) is 0 Å². The summed E-state index contributed by atoms with van der Waals surface area (Å²) in [6.45, 7) is 3.07. The van der Waals surface area contributed by atoms with Crippen LogP contribution in [0.15, 0.2) is 12.1 Å². The number of alkyl halides is 3. The number of rotatable bonds is 1. The minimum atomic E-state index is -4.86. The van der Waals surface area contributed by atoms with Crippen molar-refractivity contribution in [2.24, 2.45) is 0 Å². The van der Waals surface area contributed by atoms with Crippen LogP contribution in [-0.2, 0) is 11.2 Å². The molecule has 120 valence electrons. The van der Waals surface area contributed by atoms with Crippen molar-refractivity contribution in [1.82, 2.24) is 5.32 Å². The highest BCUT2D eigenvalue weighted by atomic mass is 35.5. The number of carbonyl (C=O) groups excluding carboxylic acids is 1. The minimum Gasteiger partial charge on any atom is -0.368 e. The normalized spacial score (nSPS) is 18.5. The molecule has 0 radical (unpaired) electrons. The average molecular weight is 334 g/mol. The Balaban J connectivity index is 1.95. The van der Waals surface area contributed by atoms with Crippen LogP contribution in [-0.4, -0.2) is 44.8 Å². The molecule has 8 heteroatoms. The van der Waals surface area contributed by atoms with Gasteiger partial charge in [-0.05, 0) is 24.1 Å². The Bertz CT molecular complexity index is 600. The maximum atomic E-state index is 12.7. The molecule has 2 aliphatic heterocycles. The highest BCUT2D eigenvalue weighted by Gasteiger charge is 2.45. The third-order valence-electron chi connectivity index (χ3n) is 3.99. The van der Waals surface area contributed by atoms with Gasteiger partial charge in [-0.25, -0.2) is 0 Å². The van der Waals surface area contributed by atoms with E-state index in [1.165, 1.54) is 0 Å². The molecule has 0 aromatic heterocycles. The molecule has 1 amide bonds. The summed E-state index contributed by atoms with van der Waals surface area (Å²) < 4.78 is 38.1. The van der Waals surface area contributed by atoms with Crippen LogP contribution in [0.2, 0.25) is 5.02 Å². The average Bonchev–Trinajstić information content (AvgIpc) is 2.88. The zero-order chi connectivity index (χ0) is 15.9. The summed E-state index contributed by atoms with van der Waals surface area (Å²) in [4.78, 5) is 14.4. The highest BCUT2D eigenvalue weighted by molar-refractivity contribution is 6.33. The fraction of sp³-hybridized carbons (Fsp3) is 0.500. The number of hydrogen-bond acceptors (Lipinski definition) is 3. The monoisotopic (exact) mass is 333 g/mol. The van der Waals surface area contributed by atoms with Gasteiger partial charge in [-0.15, -0.1) is 0 Å². The van der Waals surface area contributed by atoms with Crippen LogP contribution in [0.4, 0.5) is 24.5 Å². The maximum Gasteiger partial charge on any atom is 0.471 e. The fourth-order valence-electron chi connectivity index (χ4n) is 2.91. The quantitative estimate of drug-likeness (QED) is 0.856. The lowest BCUT2D eigenvalue weighted by Gasteiger charge is -2.31. The van der Waals surface area contributed by atoms with Gasteiger partial charge in [-0.2, -0.15) is 13.2 Å². The Kier molecular flexibility index (Phi) is 3.94. The lowest BCUT2D eigenvalue weighted by atomic mass is 10.1. The Morgan fingerprint density at radius 2 is 1.82 bits per heavy atom. The Labute approximate surface area is 130 Å². The molecule has 1 fully saturated rings. The first kappa shape index (κ1) is 15.4. The Morgan fingerprint density at radius 3 is 2.45 bits per heavy atom. The van der Waals surface area contributed by atoms with Crippen LogP contribution in [0.1, 0.15) is 5.56 Å². The molecule has 1 N–H and O–H groups in total. The molecule has 0 aliphatic carbocycles. The maximum absolute atomic E-state index is 12.7. The minimum absolute atomic E-state index is 0.0367. The third kappa shape index (κ3) is 2.75. The number of halogens is 4. The lowest BCUT2D eigenvalue weighted by Crippen LogP contribution is -2.44. The van der Waals surface area contributed by atoms with Gasteiger partial charge in [0.1, 0.15) is 0 Å². The molecule has 0 spiro atoms. The number of hydrogen-bond donors (Lipinski definition) is 1. The van der Waals surface area contributed by atoms with Crippen molar-refractivity contribution in [3.8, 4) is 0 Å². The van der Waals surface area contributed by atoms with Crippen LogP contribution in [0.3, 0.4) is 0 Å². The van der Waals surface area contributed by atoms with Crippen molar-refractivity contribution in [3.63, 3.8) is 0 Å². The second-order valence-electron chi connectivity index (χ2n) is 5.37. The number of benzene rings is 1. The van der Waals surface area contributed by atoms with E-state index in [-0.39, 0.29) is 6.54 Å². The number of piperazine rings is 1. The van der Waals surface area contributed by atoms with Gasteiger partial charge < -0.3 is 15.1 Å². The lowest BCUT2D eigenvalue weighted by molar-refractivity contribution is -0.170. The zero-order valence-corrected chi connectivity index (χ0v) is 12.5. The van der Waals surface area contributed by atoms with Crippen LogP contribution < -0.4 is 15.1 Å². The van der Waals surface area contributed by atoms with E-state index in [1.807, 2.05) is 4.90 Å².